The zero-order chi connectivity index (χ0) is 27.0. The fourth-order valence-electron chi connectivity index (χ4n) is 5.86. The number of pyridine rings is 2. The quantitative estimate of drug-likeness (QED) is 0.245. The maximum absolute atomic E-state index is 13.9. The second-order valence-corrected chi connectivity index (χ2v) is 9.71. The number of hydrogen-bond donors (Lipinski definition) is 0. The number of alkyl halides is 3. The molecule has 0 bridgehead atoms. The lowest BCUT2D eigenvalue weighted by Gasteiger charge is -2.13. The van der Waals surface area contributed by atoms with E-state index in [-0.39, 0.29) is 38.6 Å². The Hall–Kier alpha value is -5.30. The van der Waals surface area contributed by atoms with Crippen LogP contribution >= 0.6 is 0 Å². The molecule has 10 heteroatoms. The van der Waals surface area contributed by atoms with Crippen molar-refractivity contribution in [2.24, 2.45) is 0 Å². The zero-order valence-corrected chi connectivity index (χ0v) is 19.9. The van der Waals surface area contributed by atoms with Crippen molar-refractivity contribution in [1.29, 1.82) is 5.26 Å². The van der Waals surface area contributed by atoms with Gasteiger partial charge in [0, 0.05) is 26.9 Å². The molecule has 8 aromatic rings. The summed E-state index contributed by atoms with van der Waals surface area (Å²) in [5.74, 6) is 0. The Kier molecular flexibility index (Phi) is 3.77. The Morgan fingerprint density at radius 2 is 1.38 bits per heavy atom. The molecule has 0 aliphatic heterocycles. The number of rotatable bonds is 0. The number of hydrogen-bond acceptors (Lipinski definition) is 5. The fourth-order valence-corrected chi connectivity index (χ4v) is 5.86. The van der Waals surface area contributed by atoms with Crippen molar-refractivity contribution >= 4 is 65.7 Å². The number of aryl methyl sites for hydroxylation is 1. The molecule has 0 spiro atoms. The van der Waals surface area contributed by atoms with Crippen LogP contribution in [0.5, 0.6) is 0 Å². The summed E-state index contributed by atoms with van der Waals surface area (Å²) in [7, 11) is 0. The van der Waals surface area contributed by atoms with E-state index in [1.807, 2.05) is 25.1 Å². The molecule has 186 valence electrons. The van der Waals surface area contributed by atoms with Crippen LogP contribution in [0.2, 0.25) is 0 Å². The minimum absolute atomic E-state index is 0.0130. The number of fused-ring (bicyclic) bond motifs is 8. The van der Waals surface area contributed by atoms with E-state index in [2.05, 4.69) is 11.1 Å². The molecule has 39 heavy (non-hydrogen) atoms. The van der Waals surface area contributed by atoms with E-state index in [1.54, 1.807) is 12.1 Å². The smallest absolute Gasteiger partial charge is 0.268 e. The van der Waals surface area contributed by atoms with Gasteiger partial charge in [-0.2, -0.15) is 18.4 Å². The van der Waals surface area contributed by atoms with Crippen molar-refractivity contribution in [3.05, 3.63) is 92.0 Å². The monoisotopic (exact) mass is 519 g/mol. The molecule has 0 aliphatic rings. The van der Waals surface area contributed by atoms with Gasteiger partial charge >= 0.3 is 6.18 Å². The summed E-state index contributed by atoms with van der Waals surface area (Å²) in [5, 5.41) is 12.3. The molecule has 0 amide bonds. The predicted molar refractivity (Wildman–Crippen MR) is 141 cm³/mol. The van der Waals surface area contributed by atoms with Crippen molar-refractivity contribution in [1.82, 2.24) is 18.8 Å². The van der Waals surface area contributed by atoms with Gasteiger partial charge in [0.2, 0.25) is 0 Å². The number of benzene rings is 4. The first-order chi connectivity index (χ1) is 18.7. The molecule has 7 nitrogen and oxygen atoms in total. The molecule has 8 rings (SSSR count). The van der Waals surface area contributed by atoms with Crippen molar-refractivity contribution in [3.63, 3.8) is 0 Å². The number of imidazole rings is 2. The Morgan fingerprint density at radius 3 is 2.13 bits per heavy atom. The van der Waals surface area contributed by atoms with Crippen LogP contribution in [-0.2, 0) is 6.18 Å². The van der Waals surface area contributed by atoms with Gasteiger partial charge in [-0.25, -0.2) is 9.97 Å². The Morgan fingerprint density at radius 1 is 0.744 bits per heavy atom. The molecule has 0 unspecified atom stereocenters. The topological polar surface area (TPSA) is 92.5 Å². The van der Waals surface area contributed by atoms with E-state index in [4.69, 9.17) is 4.98 Å². The molecule has 0 aliphatic carbocycles. The average Bonchev–Trinajstić information content (AvgIpc) is 3.48. The van der Waals surface area contributed by atoms with Crippen molar-refractivity contribution < 1.29 is 13.2 Å². The number of nitriles is 1. The lowest BCUT2D eigenvalue weighted by atomic mass is 9.93. The zero-order valence-electron chi connectivity index (χ0n) is 19.9. The summed E-state index contributed by atoms with van der Waals surface area (Å²) >= 11 is 0. The van der Waals surface area contributed by atoms with Crippen LogP contribution in [0.25, 0.3) is 65.7 Å². The van der Waals surface area contributed by atoms with E-state index >= 15 is 0 Å². The first kappa shape index (κ1) is 21.8. The van der Waals surface area contributed by atoms with Crippen LogP contribution in [0.15, 0.2) is 64.2 Å². The third kappa shape index (κ3) is 2.56. The van der Waals surface area contributed by atoms with E-state index in [0.29, 0.717) is 38.2 Å². The highest BCUT2D eigenvalue weighted by molar-refractivity contribution is 6.29. The van der Waals surface area contributed by atoms with E-state index in [0.717, 1.165) is 22.1 Å². The molecule has 4 aromatic carbocycles. The third-order valence-electron chi connectivity index (χ3n) is 7.53. The van der Waals surface area contributed by atoms with Crippen molar-refractivity contribution in [2.45, 2.75) is 13.1 Å². The Bertz CT molecular complexity index is 2560. The molecule has 4 heterocycles. The molecule has 0 saturated heterocycles. The Balaban J connectivity index is 1.67. The van der Waals surface area contributed by atoms with Crippen LogP contribution in [0.4, 0.5) is 13.2 Å². The van der Waals surface area contributed by atoms with E-state index in [9.17, 15) is 28.0 Å². The molecule has 4 aromatic heterocycles. The van der Waals surface area contributed by atoms with Gasteiger partial charge in [-0.3, -0.25) is 18.4 Å². The second-order valence-electron chi connectivity index (χ2n) is 9.71. The summed E-state index contributed by atoms with van der Waals surface area (Å²) in [5.41, 5.74) is 1.05. The van der Waals surface area contributed by atoms with Crippen LogP contribution in [0.1, 0.15) is 16.7 Å². The number of halogens is 3. The summed E-state index contributed by atoms with van der Waals surface area (Å²) in [6.07, 6.45) is -4.61. The van der Waals surface area contributed by atoms with Crippen LogP contribution in [0, 0.1) is 18.3 Å². The summed E-state index contributed by atoms with van der Waals surface area (Å²) < 4.78 is 43.1. The molecule has 0 N–H and O–H groups in total. The first-order valence-electron chi connectivity index (χ1n) is 11.9. The highest BCUT2D eigenvalue weighted by Crippen LogP contribution is 2.39. The summed E-state index contributed by atoms with van der Waals surface area (Å²) in [6, 6.07) is 15.4. The van der Waals surface area contributed by atoms with Gasteiger partial charge in [0.25, 0.3) is 11.1 Å². The SMILES string of the molecule is Cc1ccc2nc3c4ccc5c(=O)n6c7cc(C(F)(F)F)ccc7nc6c6c(C#N)cc(c(=O)n3c2c1)c4c56. The molecule has 0 atom stereocenters. The first-order valence-corrected chi connectivity index (χ1v) is 11.9. The Labute approximate surface area is 214 Å². The lowest BCUT2D eigenvalue weighted by Crippen LogP contribution is -2.17. The highest BCUT2D eigenvalue weighted by atomic mass is 19.4. The lowest BCUT2D eigenvalue weighted by molar-refractivity contribution is -0.137. The van der Waals surface area contributed by atoms with Gasteiger partial charge < -0.3 is 0 Å². The highest BCUT2D eigenvalue weighted by Gasteiger charge is 2.32. The third-order valence-corrected chi connectivity index (χ3v) is 7.53. The van der Waals surface area contributed by atoms with Crippen molar-refractivity contribution in [3.8, 4) is 6.07 Å². The predicted octanol–water partition coefficient (Wildman–Crippen LogP) is 5.54. The molecular formula is C29H12F3N5O2. The van der Waals surface area contributed by atoms with E-state index in [1.165, 1.54) is 16.5 Å². The number of aromatic nitrogens is 4. The van der Waals surface area contributed by atoms with Gasteiger partial charge in [0.1, 0.15) is 11.3 Å². The van der Waals surface area contributed by atoms with Crippen LogP contribution in [-0.4, -0.2) is 18.8 Å². The number of nitrogens with zero attached hydrogens (tertiary/aromatic N) is 5. The minimum Gasteiger partial charge on any atom is -0.268 e. The average molecular weight is 519 g/mol. The van der Waals surface area contributed by atoms with Gasteiger partial charge in [-0.15, -0.1) is 0 Å². The van der Waals surface area contributed by atoms with Crippen molar-refractivity contribution in [2.75, 3.05) is 0 Å². The molecule has 0 saturated carbocycles. The maximum atomic E-state index is 13.9. The normalized spacial score (nSPS) is 12.8. The maximum Gasteiger partial charge on any atom is 0.416 e. The van der Waals surface area contributed by atoms with Crippen LogP contribution in [0.3, 0.4) is 0 Å². The summed E-state index contributed by atoms with van der Waals surface area (Å²) in [4.78, 5) is 36.9. The standard InChI is InChI=1S/C29H12F3N5O2/c1-12-2-6-18-20(8-12)36-25(34-18)15-4-5-16-24-22(13(11-33)9-17(23(15)24)28(36)39)26-35-19-7-3-14(29(30,31)32)10-21(19)37(26)27(16)38/h2-10H,1H3. The molecule has 0 fully saturated rings. The van der Waals surface area contributed by atoms with Crippen LogP contribution < -0.4 is 11.1 Å². The summed E-state index contributed by atoms with van der Waals surface area (Å²) in [6.45, 7) is 1.91. The van der Waals surface area contributed by atoms with Gasteiger partial charge in [-0.1, -0.05) is 6.07 Å². The fraction of sp³-hybridized carbons (Fsp3) is 0.0690. The van der Waals surface area contributed by atoms with Gasteiger partial charge in [0.15, 0.2) is 0 Å². The minimum atomic E-state index is -4.61. The molecule has 0 radical (unpaired) electrons. The van der Waals surface area contributed by atoms with Gasteiger partial charge in [-0.05, 0) is 61.0 Å². The molecular weight excluding hydrogens is 507 g/mol. The largest absolute Gasteiger partial charge is 0.416 e. The van der Waals surface area contributed by atoms with Gasteiger partial charge in [0.05, 0.1) is 44.6 Å². The van der Waals surface area contributed by atoms with E-state index < -0.39 is 17.3 Å². The second kappa shape index (κ2) is 6.76.